The second-order valence-corrected chi connectivity index (χ2v) is 4.45. The van der Waals surface area contributed by atoms with E-state index < -0.39 is 0 Å². The zero-order chi connectivity index (χ0) is 9.97. The fourth-order valence-corrected chi connectivity index (χ4v) is 2.30. The Balaban J connectivity index is 2.39. The zero-order valence-electron chi connectivity index (χ0n) is 8.39. The second kappa shape index (κ2) is 4.32. The number of anilines is 1. The van der Waals surface area contributed by atoms with Crippen LogP contribution < -0.4 is 10.2 Å². The first-order valence-corrected chi connectivity index (χ1v) is 5.84. The molecular weight excluding hydrogens is 240 g/mol. The number of nitrogens with one attached hydrogen (secondary N) is 1. The third-order valence-corrected chi connectivity index (χ3v) is 3.13. The molecule has 0 bridgehead atoms. The molecule has 1 aliphatic rings. The molecule has 1 aliphatic heterocycles. The molecule has 0 aromatic heterocycles. The standard InChI is InChI=1S/C11H15BrN2/c1-2-14-6-5-13-8-9-7-10(12)3-4-11(9)14/h3-4,7,13H,2,5-6,8H2,1H3. The minimum Gasteiger partial charge on any atom is -0.370 e. The summed E-state index contributed by atoms with van der Waals surface area (Å²) in [5, 5.41) is 3.43. The Morgan fingerprint density at radius 1 is 1.50 bits per heavy atom. The summed E-state index contributed by atoms with van der Waals surface area (Å²) in [7, 11) is 0. The van der Waals surface area contributed by atoms with Crippen molar-refractivity contribution >= 4 is 21.6 Å². The van der Waals surface area contributed by atoms with E-state index in [-0.39, 0.29) is 0 Å². The van der Waals surface area contributed by atoms with Gasteiger partial charge in [-0.2, -0.15) is 0 Å². The largest absolute Gasteiger partial charge is 0.370 e. The summed E-state index contributed by atoms with van der Waals surface area (Å²) in [5.74, 6) is 0. The van der Waals surface area contributed by atoms with E-state index in [1.165, 1.54) is 11.3 Å². The molecule has 0 atom stereocenters. The number of rotatable bonds is 1. The van der Waals surface area contributed by atoms with E-state index in [4.69, 9.17) is 0 Å². The van der Waals surface area contributed by atoms with Gasteiger partial charge < -0.3 is 10.2 Å². The van der Waals surface area contributed by atoms with E-state index >= 15 is 0 Å². The van der Waals surface area contributed by atoms with Gasteiger partial charge in [-0.1, -0.05) is 15.9 Å². The van der Waals surface area contributed by atoms with E-state index in [9.17, 15) is 0 Å². The molecule has 0 spiro atoms. The monoisotopic (exact) mass is 254 g/mol. The van der Waals surface area contributed by atoms with Crippen LogP contribution in [-0.2, 0) is 6.54 Å². The molecule has 0 radical (unpaired) electrons. The number of nitrogens with zero attached hydrogens (tertiary/aromatic N) is 1. The number of halogens is 1. The SMILES string of the molecule is CCN1CCNCc2cc(Br)ccc21. The van der Waals surface area contributed by atoms with Gasteiger partial charge in [0.05, 0.1) is 0 Å². The van der Waals surface area contributed by atoms with Crippen LogP contribution in [0.2, 0.25) is 0 Å². The highest BCUT2D eigenvalue weighted by Gasteiger charge is 2.12. The second-order valence-electron chi connectivity index (χ2n) is 3.53. The topological polar surface area (TPSA) is 15.3 Å². The Labute approximate surface area is 93.4 Å². The number of benzene rings is 1. The Hall–Kier alpha value is -0.540. The van der Waals surface area contributed by atoms with Gasteiger partial charge in [0, 0.05) is 36.3 Å². The first-order chi connectivity index (χ1) is 6.81. The Morgan fingerprint density at radius 3 is 3.14 bits per heavy atom. The molecule has 2 rings (SSSR count). The smallest absolute Gasteiger partial charge is 0.0412 e. The Kier molecular flexibility index (Phi) is 3.08. The molecule has 0 fully saturated rings. The van der Waals surface area contributed by atoms with Crippen molar-refractivity contribution in [1.82, 2.24) is 5.32 Å². The summed E-state index contributed by atoms with van der Waals surface area (Å²) >= 11 is 3.51. The van der Waals surface area contributed by atoms with Crippen molar-refractivity contribution in [1.29, 1.82) is 0 Å². The summed E-state index contributed by atoms with van der Waals surface area (Å²) in [6.07, 6.45) is 0. The highest BCUT2D eigenvalue weighted by molar-refractivity contribution is 9.10. The molecule has 76 valence electrons. The number of hydrogen-bond donors (Lipinski definition) is 1. The first-order valence-electron chi connectivity index (χ1n) is 5.05. The Bertz CT molecular complexity index is 325. The minimum absolute atomic E-state index is 0.977. The summed E-state index contributed by atoms with van der Waals surface area (Å²) < 4.78 is 1.16. The van der Waals surface area contributed by atoms with Gasteiger partial charge in [-0.05, 0) is 30.7 Å². The third-order valence-electron chi connectivity index (χ3n) is 2.64. The first kappa shape index (κ1) is 9.99. The van der Waals surface area contributed by atoms with Gasteiger partial charge in [0.25, 0.3) is 0 Å². The molecule has 0 unspecified atom stereocenters. The average Bonchev–Trinajstić information content (AvgIpc) is 2.38. The zero-order valence-corrected chi connectivity index (χ0v) is 9.97. The van der Waals surface area contributed by atoms with Crippen molar-refractivity contribution in [2.75, 3.05) is 24.5 Å². The van der Waals surface area contributed by atoms with Crippen LogP contribution in [0, 0.1) is 0 Å². The van der Waals surface area contributed by atoms with E-state index in [2.05, 4.69) is 51.3 Å². The fraction of sp³-hybridized carbons (Fsp3) is 0.455. The molecule has 0 amide bonds. The van der Waals surface area contributed by atoms with Gasteiger partial charge in [0.1, 0.15) is 0 Å². The van der Waals surface area contributed by atoms with Crippen LogP contribution in [0.3, 0.4) is 0 Å². The summed E-state index contributed by atoms with van der Waals surface area (Å²) in [6, 6.07) is 6.53. The normalized spacial score (nSPS) is 16.3. The quantitative estimate of drug-likeness (QED) is 0.828. The highest BCUT2D eigenvalue weighted by Crippen LogP contribution is 2.25. The van der Waals surface area contributed by atoms with Crippen molar-refractivity contribution in [3.63, 3.8) is 0 Å². The summed E-state index contributed by atoms with van der Waals surface area (Å²) in [6.45, 7) is 6.43. The molecule has 14 heavy (non-hydrogen) atoms. The number of likely N-dealkylation sites (N-methyl/N-ethyl adjacent to an activating group) is 1. The lowest BCUT2D eigenvalue weighted by atomic mass is 10.1. The molecule has 1 N–H and O–H groups in total. The fourth-order valence-electron chi connectivity index (χ4n) is 1.89. The average molecular weight is 255 g/mol. The van der Waals surface area contributed by atoms with Crippen LogP contribution in [0.25, 0.3) is 0 Å². The van der Waals surface area contributed by atoms with E-state index in [0.717, 1.165) is 30.7 Å². The van der Waals surface area contributed by atoms with Crippen molar-refractivity contribution in [3.05, 3.63) is 28.2 Å². The number of fused-ring (bicyclic) bond motifs is 1. The van der Waals surface area contributed by atoms with Crippen molar-refractivity contribution < 1.29 is 0 Å². The lowest BCUT2D eigenvalue weighted by Gasteiger charge is -2.22. The predicted octanol–water partition coefficient (Wildman–Crippen LogP) is 2.38. The van der Waals surface area contributed by atoms with Gasteiger partial charge in [-0.3, -0.25) is 0 Å². The molecule has 1 aromatic rings. The molecule has 1 heterocycles. The van der Waals surface area contributed by atoms with Crippen LogP contribution in [0.4, 0.5) is 5.69 Å². The summed E-state index contributed by atoms with van der Waals surface area (Å²) in [4.78, 5) is 2.42. The predicted molar refractivity (Wildman–Crippen MR) is 63.7 cm³/mol. The molecule has 0 aliphatic carbocycles. The Morgan fingerprint density at radius 2 is 2.36 bits per heavy atom. The highest BCUT2D eigenvalue weighted by atomic mass is 79.9. The third kappa shape index (κ3) is 1.93. The van der Waals surface area contributed by atoms with E-state index in [0.29, 0.717) is 0 Å². The summed E-state index contributed by atoms with van der Waals surface area (Å²) in [5.41, 5.74) is 2.76. The maximum absolute atomic E-state index is 3.51. The van der Waals surface area contributed by atoms with Crippen molar-refractivity contribution in [2.45, 2.75) is 13.5 Å². The van der Waals surface area contributed by atoms with Gasteiger partial charge in [-0.15, -0.1) is 0 Å². The van der Waals surface area contributed by atoms with Crippen LogP contribution >= 0.6 is 15.9 Å². The molecule has 2 nitrogen and oxygen atoms in total. The van der Waals surface area contributed by atoms with Gasteiger partial charge in [-0.25, -0.2) is 0 Å². The van der Waals surface area contributed by atoms with Crippen LogP contribution in [-0.4, -0.2) is 19.6 Å². The molecular formula is C11H15BrN2. The number of hydrogen-bond acceptors (Lipinski definition) is 2. The van der Waals surface area contributed by atoms with Crippen molar-refractivity contribution in [2.24, 2.45) is 0 Å². The van der Waals surface area contributed by atoms with Crippen molar-refractivity contribution in [3.8, 4) is 0 Å². The van der Waals surface area contributed by atoms with Gasteiger partial charge in [0.2, 0.25) is 0 Å². The maximum Gasteiger partial charge on any atom is 0.0412 e. The van der Waals surface area contributed by atoms with Gasteiger partial charge in [0.15, 0.2) is 0 Å². The van der Waals surface area contributed by atoms with Crippen LogP contribution in [0.15, 0.2) is 22.7 Å². The lowest BCUT2D eigenvalue weighted by Crippen LogP contribution is -2.28. The molecule has 1 aromatic carbocycles. The molecule has 3 heteroatoms. The van der Waals surface area contributed by atoms with Crippen LogP contribution in [0.5, 0.6) is 0 Å². The van der Waals surface area contributed by atoms with Gasteiger partial charge >= 0.3 is 0 Å². The van der Waals surface area contributed by atoms with E-state index in [1.807, 2.05) is 0 Å². The lowest BCUT2D eigenvalue weighted by molar-refractivity contribution is 0.695. The minimum atomic E-state index is 0.977. The molecule has 0 saturated carbocycles. The van der Waals surface area contributed by atoms with E-state index in [1.54, 1.807) is 0 Å². The van der Waals surface area contributed by atoms with Crippen LogP contribution in [0.1, 0.15) is 12.5 Å². The maximum atomic E-state index is 3.51. The molecule has 0 saturated heterocycles.